The van der Waals surface area contributed by atoms with Crippen LogP contribution < -0.4 is 26.2 Å². The zero-order valence-corrected chi connectivity index (χ0v) is 48.1. The second kappa shape index (κ2) is 21.4. The lowest BCUT2D eigenvalue weighted by molar-refractivity contribution is -0.142. The molecule has 14 aromatic rings. The Morgan fingerprint density at radius 3 is 1.18 bits per heavy atom. The van der Waals surface area contributed by atoms with Gasteiger partial charge in [-0.05, 0) is 175 Å². The second-order valence-electron chi connectivity index (χ2n) is 23.0. The van der Waals surface area contributed by atoms with Crippen molar-refractivity contribution in [1.29, 1.82) is 0 Å². The minimum Gasteiger partial charge on any atom is -0.311 e. The standard InChI is InChI=1S/C80H50BF6N3/c82-79(83,84)61-38-39-64(68(50-61)80(85,86)87)65-29-13-17-33-71(65)90-72-34-18-14-30-66(72)67-47-55(37-40-73(67)90)60-48-76-78-77(49-60)89(63-45-58(53-25-9-3-10-26-53)42-59(46-63)54-27-11-4-12-28-54)75-36-20-16-32-70(75)81(78)69-31-15-19-35-74(69)88(76)62-43-56(51-21-5-1-6-22-51)41-57(44-62)52-23-7-2-8-24-52/h1-50H. The van der Waals surface area contributed by atoms with Gasteiger partial charge in [-0.2, -0.15) is 26.3 Å². The number of rotatable bonds is 9. The average molecular weight is 1180 g/mol. The van der Waals surface area contributed by atoms with Crippen LogP contribution in [0.15, 0.2) is 303 Å². The van der Waals surface area contributed by atoms with Crippen LogP contribution in [-0.2, 0) is 12.4 Å². The fraction of sp³-hybridized carbons (Fsp3) is 0.0250. The lowest BCUT2D eigenvalue weighted by atomic mass is 9.33. The molecule has 0 amide bonds. The lowest BCUT2D eigenvalue weighted by Gasteiger charge is -2.44. The van der Waals surface area contributed by atoms with E-state index in [1.165, 1.54) is 0 Å². The molecule has 0 spiro atoms. The van der Waals surface area contributed by atoms with E-state index >= 15 is 13.2 Å². The lowest BCUT2D eigenvalue weighted by Crippen LogP contribution is -2.61. The largest absolute Gasteiger partial charge is 0.417 e. The summed E-state index contributed by atoms with van der Waals surface area (Å²) in [6.07, 6.45) is -10.1. The Bertz CT molecular complexity index is 4810. The van der Waals surface area contributed by atoms with Crippen LogP contribution in [0, 0.1) is 0 Å². The fourth-order valence-corrected chi connectivity index (χ4v) is 13.8. The smallest absolute Gasteiger partial charge is 0.311 e. The van der Waals surface area contributed by atoms with E-state index in [0.29, 0.717) is 16.7 Å². The predicted molar refractivity (Wildman–Crippen MR) is 357 cm³/mol. The monoisotopic (exact) mass is 1180 g/mol. The number of hydrogen-bond acceptors (Lipinski definition) is 2. The minimum absolute atomic E-state index is 0.132. The normalized spacial score (nSPS) is 12.7. The van der Waals surface area contributed by atoms with E-state index in [-0.39, 0.29) is 23.9 Å². The van der Waals surface area contributed by atoms with Crippen molar-refractivity contribution in [2.45, 2.75) is 12.4 Å². The van der Waals surface area contributed by atoms with Gasteiger partial charge in [0.15, 0.2) is 0 Å². The number of halogens is 6. The molecular weight excluding hydrogens is 1130 g/mol. The summed E-state index contributed by atoms with van der Waals surface area (Å²) in [6.45, 7) is -0.191. The first kappa shape index (κ1) is 54.3. The number of nitrogens with zero attached hydrogens (tertiary/aromatic N) is 3. The topological polar surface area (TPSA) is 11.4 Å². The van der Waals surface area contributed by atoms with Gasteiger partial charge in [-0.25, -0.2) is 0 Å². The van der Waals surface area contributed by atoms with Crippen molar-refractivity contribution in [2.24, 2.45) is 0 Å². The average Bonchev–Trinajstić information content (AvgIpc) is 0.765. The van der Waals surface area contributed by atoms with Gasteiger partial charge >= 0.3 is 12.4 Å². The molecule has 0 aliphatic carbocycles. The number of hydrogen-bond donors (Lipinski definition) is 0. The molecule has 13 aromatic carbocycles. The predicted octanol–water partition coefficient (Wildman–Crippen LogP) is 20.9. The van der Waals surface area contributed by atoms with Gasteiger partial charge in [0, 0.05) is 50.5 Å². The molecule has 0 unspecified atom stereocenters. The van der Waals surface area contributed by atoms with E-state index in [2.05, 4.69) is 216 Å². The fourth-order valence-electron chi connectivity index (χ4n) is 13.8. The summed E-state index contributed by atoms with van der Waals surface area (Å²) in [4.78, 5) is 4.87. The van der Waals surface area contributed by atoms with E-state index in [0.717, 1.165) is 129 Å². The van der Waals surface area contributed by atoms with Crippen molar-refractivity contribution in [3.8, 4) is 72.4 Å². The molecule has 0 saturated heterocycles. The Morgan fingerprint density at radius 1 is 0.267 bits per heavy atom. The van der Waals surface area contributed by atoms with Crippen molar-refractivity contribution in [1.82, 2.24) is 4.57 Å². The number of alkyl halides is 6. The highest BCUT2D eigenvalue weighted by molar-refractivity contribution is 7.00. The molecule has 2 aliphatic rings. The maximum Gasteiger partial charge on any atom is 0.417 e. The van der Waals surface area contributed by atoms with E-state index in [1.807, 2.05) is 59.2 Å². The van der Waals surface area contributed by atoms with E-state index in [1.54, 1.807) is 24.3 Å². The third-order valence-corrected chi connectivity index (χ3v) is 17.8. The highest BCUT2D eigenvalue weighted by Crippen LogP contribution is 2.50. The van der Waals surface area contributed by atoms with Crippen LogP contribution in [0.25, 0.3) is 94.3 Å². The van der Waals surface area contributed by atoms with Crippen molar-refractivity contribution in [3.63, 3.8) is 0 Å². The van der Waals surface area contributed by atoms with Crippen molar-refractivity contribution in [2.75, 3.05) is 9.80 Å². The van der Waals surface area contributed by atoms with Crippen LogP contribution in [0.2, 0.25) is 0 Å². The maximum atomic E-state index is 15.0. The Labute approximate surface area is 516 Å². The molecule has 3 heterocycles. The van der Waals surface area contributed by atoms with Crippen LogP contribution in [0.3, 0.4) is 0 Å². The number of aromatic nitrogens is 1. The molecule has 0 saturated carbocycles. The molecule has 2 aliphatic heterocycles. The second-order valence-corrected chi connectivity index (χ2v) is 23.0. The third kappa shape index (κ3) is 9.25. The summed E-state index contributed by atoms with van der Waals surface area (Å²) >= 11 is 0. The summed E-state index contributed by atoms with van der Waals surface area (Å²) in [5, 5.41) is 1.68. The summed E-state index contributed by atoms with van der Waals surface area (Å²) in [7, 11) is 0. The zero-order chi connectivity index (χ0) is 60.8. The molecule has 0 atom stereocenters. The van der Waals surface area contributed by atoms with Gasteiger partial charge in [0.05, 0.1) is 27.8 Å². The molecule has 0 N–H and O–H groups in total. The Hall–Kier alpha value is -11.1. The third-order valence-electron chi connectivity index (χ3n) is 17.8. The molecule has 0 radical (unpaired) electrons. The van der Waals surface area contributed by atoms with Crippen LogP contribution in [0.1, 0.15) is 11.1 Å². The van der Waals surface area contributed by atoms with Gasteiger partial charge in [-0.1, -0.05) is 206 Å². The molecule has 16 rings (SSSR count). The molecule has 1 aromatic heterocycles. The van der Waals surface area contributed by atoms with Crippen molar-refractivity contribution < 1.29 is 26.3 Å². The summed E-state index contributed by atoms with van der Waals surface area (Å²) in [5.74, 6) is 0. The molecule has 90 heavy (non-hydrogen) atoms. The number of fused-ring (bicyclic) bond motifs is 7. The first-order chi connectivity index (χ1) is 43.9. The molecule has 0 bridgehead atoms. The summed E-state index contributed by atoms with van der Waals surface area (Å²) in [5.41, 5.74) is 18.7. The van der Waals surface area contributed by atoms with Crippen LogP contribution >= 0.6 is 0 Å². The first-order valence-corrected chi connectivity index (χ1v) is 29.8. The first-order valence-electron chi connectivity index (χ1n) is 29.8. The van der Waals surface area contributed by atoms with Gasteiger partial charge in [-0.3, -0.25) is 0 Å². The van der Waals surface area contributed by atoms with Crippen molar-refractivity contribution >= 4 is 79.0 Å². The van der Waals surface area contributed by atoms with E-state index in [9.17, 15) is 13.2 Å². The molecule has 10 heteroatoms. The van der Waals surface area contributed by atoms with Crippen molar-refractivity contribution in [3.05, 3.63) is 314 Å². The van der Waals surface area contributed by atoms with Crippen LogP contribution in [-0.4, -0.2) is 11.3 Å². The van der Waals surface area contributed by atoms with Gasteiger partial charge in [0.25, 0.3) is 6.71 Å². The molecule has 3 nitrogen and oxygen atoms in total. The Morgan fingerprint density at radius 2 is 0.689 bits per heavy atom. The molecular formula is C80H50BF6N3. The highest BCUT2D eigenvalue weighted by Gasteiger charge is 2.44. The number of anilines is 6. The maximum absolute atomic E-state index is 15.0. The quantitative estimate of drug-likeness (QED) is 0.105. The SMILES string of the molecule is FC(F)(F)c1ccc(-c2ccccc2-n2c3ccccc3c3cc(-c4cc5c6c(c4)N(c4cc(-c7ccccc7)cc(-c7ccccc7)c4)c4ccccc4B6c4ccccc4N5c4cc(-c5ccccc5)cc(-c5ccccc5)c4)ccc32)c(C(F)(F)F)c1. The molecule has 430 valence electrons. The van der Waals surface area contributed by atoms with Gasteiger partial charge < -0.3 is 14.4 Å². The van der Waals surface area contributed by atoms with Gasteiger partial charge in [0.2, 0.25) is 0 Å². The van der Waals surface area contributed by atoms with Gasteiger partial charge in [0.1, 0.15) is 0 Å². The highest BCUT2D eigenvalue weighted by atomic mass is 19.4. The van der Waals surface area contributed by atoms with Gasteiger partial charge in [-0.15, -0.1) is 0 Å². The number of para-hydroxylation sites is 4. The van der Waals surface area contributed by atoms with Crippen LogP contribution in [0.4, 0.5) is 60.5 Å². The number of benzene rings is 13. The zero-order valence-electron chi connectivity index (χ0n) is 48.1. The molecule has 0 fully saturated rings. The van der Waals surface area contributed by atoms with E-state index in [4.69, 9.17) is 0 Å². The van der Waals surface area contributed by atoms with Crippen LogP contribution in [0.5, 0.6) is 0 Å². The van der Waals surface area contributed by atoms with E-state index < -0.39 is 23.5 Å². The summed E-state index contributed by atoms with van der Waals surface area (Å²) in [6, 6.07) is 100. The Balaban J connectivity index is 0.973. The summed E-state index contributed by atoms with van der Waals surface area (Å²) < 4.78 is 89.2. The minimum atomic E-state index is -5.09. The Kier molecular flexibility index (Phi) is 12.9.